The monoisotopic (exact) mass is 218 g/mol. The van der Waals surface area contributed by atoms with Gasteiger partial charge in [0, 0.05) is 4.90 Å². The van der Waals surface area contributed by atoms with Crippen molar-refractivity contribution in [2.45, 2.75) is 4.90 Å². The Morgan fingerprint density at radius 3 is 2.08 bits per heavy atom. The largest absolute Gasteiger partial charge is 1.00 e. The second-order valence-corrected chi connectivity index (χ2v) is 2.46. The van der Waals surface area contributed by atoms with Gasteiger partial charge in [-0.25, -0.2) is 0 Å². The minimum Gasteiger partial charge on any atom is -0.872 e. The first-order chi connectivity index (χ1) is 5.33. The number of hydrogen-bond donors (Lipinski definition) is 0. The standard InChI is InChI=1S/C6H6O4S.2Na/c7-5-1-3-6(4-2-5)11-10-9-8;;/h1-4,7-8H;;/q;2*+1/p-2. The first-order valence-corrected chi connectivity index (χ1v) is 3.47. The predicted molar refractivity (Wildman–Crippen MR) is 33.9 cm³/mol. The van der Waals surface area contributed by atoms with Crippen molar-refractivity contribution in [2.75, 3.05) is 0 Å². The second-order valence-electron chi connectivity index (χ2n) is 1.69. The van der Waals surface area contributed by atoms with Gasteiger partial charge in [0.15, 0.2) is 0 Å². The van der Waals surface area contributed by atoms with Crippen LogP contribution in [0.4, 0.5) is 0 Å². The molecule has 0 heterocycles. The average molecular weight is 218 g/mol. The van der Waals surface area contributed by atoms with Gasteiger partial charge < -0.3 is 10.4 Å². The van der Waals surface area contributed by atoms with E-state index in [0.717, 1.165) is 12.0 Å². The Balaban J connectivity index is 0. The Morgan fingerprint density at radius 1 is 1.08 bits per heavy atom. The van der Waals surface area contributed by atoms with E-state index in [2.05, 4.69) is 9.37 Å². The smallest absolute Gasteiger partial charge is 0.872 e. The fourth-order valence-electron chi connectivity index (χ4n) is 0.548. The quantitative estimate of drug-likeness (QED) is 0.219. The zero-order valence-electron chi connectivity index (χ0n) is 7.35. The molecule has 0 unspecified atom stereocenters. The van der Waals surface area contributed by atoms with Gasteiger partial charge in [0.2, 0.25) is 0 Å². The van der Waals surface area contributed by atoms with Crippen LogP contribution in [0.5, 0.6) is 5.75 Å². The van der Waals surface area contributed by atoms with Crippen molar-refractivity contribution in [3.8, 4) is 5.75 Å². The summed E-state index contributed by atoms with van der Waals surface area (Å²) in [7, 11) is 0. The SMILES string of the molecule is [Na+].[Na+].[O-]OOSc1ccc([O-])cc1. The normalized spacial score (nSPS) is 8.38. The number of benzene rings is 1. The molecular formula is C6H4Na2O4S. The molecule has 0 amide bonds. The van der Waals surface area contributed by atoms with Crippen LogP contribution in [0.25, 0.3) is 0 Å². The Bertz CT molecular complexity index is 218. The molecule has 0 spiro atoms. The molecule has 1 rings (SSSR count). The van der Waals surface area contributed by atoms with E-state index in [1.54, 1.807) is 0 Å². The van der Waals surface area contributed by atoms with Gasteiger partial charge in [-0.3, -0.25) is 5.04 Å². The fraction of sp³-hybridized carbons (Fsp3) is 0. The van der Waals surface area contributed by atoms with Gasteiger partial charge >= 0.3 is 59.1 Å². The van der Waals surface area contributed by atoms with Gasteiger partial charge in [0.05, 0.1) is 12.0 Å². The zero-order valence-corrected chi connectivity index (χ0v) is 12.2. The summed E-state index contributed by atoms with van der Waals surface area (Å²) in [6, 6.07) is 5.81. The molecule has 0 aliphatic carbocycles. The van der Waals surface area contributed by atoms with Crippen molar-refractivity contribution in [2.24, 2.45) is 0 Å². The van der Waals surface area contributed by atoms with Crippen molar-refractivity contribution in [3.63, 3.8) is 0 Å². The summed E-state index contributed by atoms with van der Waals surface area (Å²) in [5.41, 5.74) is 0. The second kappa shape index (κ2) is 9.79. The Morgan fingerprint density at radius 2 is 1.62 bits per heavy atom. The van der Waals surface area contributed by atoms with E-state index in [4.69, 9.17) is 0 Å². The molecule has 0 radical (unpaired) electrons. The van der Waals surface area contributed by atoms with Crippen LogP contribution in [-0.4, -0.2) is 0 Å². The van der Waals surface area contributed by atoms with E-state index in [1.807, 2.05) is 0 Å². The molecule has 1 aromatic rings. The van der Waals surface area contributed by atoms with E-state index < -0.39 is 0 Å². The molecule has 0 atom stereocenters. The zero-order chi connectivity index (χ0) is 8.10. The average Bonchev–Trinajstić information content (AvgIpc) is 2.04. The van der Waals surface area contributed by atoms with Gasteiger partial charge in [0.25, 0.3) is 0 Å². The molecular weight excluding hydrogens is 214 g/mol. The molecule has 0 saturated heterocycles. The van der Waals surface area contributed by atoms with Crippen LogP contribution in [0.3, 0.4) is 0 Å². The topological polar surface area (TPSA) is 64.6 Å². The third-order valence-electron chi connectivity index (χ3n) is 0.982. The Labute approximate surface area is 124 Å². The van der Waals surface area contributed by atoms with Gasteiger partial charge in [-0.15, -0.1) is 5.75 Å². The Hall–Kier alpha value is 1.25. The number of hydrogen-bond acceptors (Lipinski definition) is 5. The van der Waals surface area contributed by atoms with Gasteiger partial charge in [-0.1, -0.05) is 12.1 Å². The summed E-state index contributed by atoms with van der Waals surface area (Å²) >= 11 is 0.756. The fourth-order valence-corrected chi connectivity index (χ4v) is 0.902. The summed E-state index contributed by atoms with van der Waals surface area (Å²) in [6.45, 7) is 0. The van der Waals surface area contributed by atoms with E-state index in [-0.39, 0.29) is 64.9 Å². The van der Waals surface area contributed by atoms with Gasteiger partial charge in [-0.05, 0) is 12.1 Å². The van der Waals surface area contributed by atoms with Crippen molar-refractivity contribution in [3.05, 3.63) is 24.3 Å². The summed E-state index contributed by atoms with van der Waals surface area (Å²) in [5, 5.41) is 23.0. The van der Waals surface area contributed by atoms with E-state index >= 15 is 0 Å². The molecule has 0 aliphatic heterocycles. The predicted octanol–water partition coefficient (Wildman–Crippen LogP) is -6.00. The summed E-state index contributed by atoms with van der Waals surface area (Å²) in [6.07, 6.45) is 0. The van der Waals surface area contributed by atoms with Crippen molar-refractivity contribution >= 4 is 12.0 Å². The molecule has 0 N–H and O–H groups in total. The van der Waals surface area contributed by atoms with E-state index in [1.165, 1.54) is 24.3 Å². The first kappa shape index (κ1) is 16.7. The van der Waals surface area contributed by atoms with Crippen LogP contribution >= 0.6 is 12.0 Å². The maximum Gasteiger partial charge on any atom is 1.00 e. The van der Waals surface area contributed by atoms with Crippen LogP contribution in [0.2, 0.25) is 0 Å². The minimum absolute atomic E-state index is 0. The molecule has 60 valence electrons. The third kappa shape index (κ3) is 7.21. The van der Waals surface area contributed by atoms with Crippen LogP contribution in [0, 0.1) is 0 Å². The van der Waals surface area contributed by atoms with Gasteiger partial charge in [0.1, 0.15) is 0 Å². The van der Waals surface area contributed by atoms with Crippen LogP contribution in [0.1, 0.15) is 0 Å². The molecule has 4 nitrogen and oxygen atoms in total. The first-order valence-electron chi connectivity index (χ1n) is 2.73. The summed E-state index contributed by atoms with van der Waals surface area (Å²) in [5.74, 6) is -0.0857. The van der Waals surface area contributed by atoms with E-state index in [9.17, 15) is 10.4 Å². The van der Waals surface area contributed by atoms with Crippen molar-refractivity contribution in [1.82, 2.24) is 0 Å². The molecule has 7 heteroatoms. The van der Waals surface area contributed by atoms with Crippen molar-refractivity contribution in [1.29, 1.82) is 0 Å². The molecule has 0 aliphatic rings. The van der Waals surface area contributed by atoms with Gasteiger partial charge in [-0.2, -0.15) is 4.33 Å². The van der Waals surface area contributed by atoms with Crippen LogP contribution in [0.15, 0.2) is 29.2 Å². The Kier molecular flexibility index (Phi) is 12.6. The summed E-state index contributed by atoms with van der Waals surface area (Å²) < 4.78 is 4.02. The van der Waals surface area contributed by atoms with Crippen molar-refractivity contribution < 1.29 is 78.9 Å². The van der Waals surface area contributed by atoms with E-state index in [0.29, 0.717) is 4.90 Å². The van der Waals surface area contributed by atoms with Crippen LogP contribution in [-0.2, 0) is 9.37 Å². The molecule has 0 saturated carbocycles. The third-order valence-corrected chi connectivity index (χ3v) is 1.57. The molecule has 1 aromatic carbocycles. The molecule has 0 fully saturated rings. The molecule has 0 aromatic heterocycles. The maximum absolute atomic E-state index is 10.6. The molecule has 13 heavy (non-hydrogen) atoms. The maximum atomic E-state index is 10.6. The number of rotatable bonds is 3. The minimum atomic E-state index is -0.0857. The summed E-state index contributed by atoms with van der Waals surface area (Å²) in [4.78, 5) is 0.639. The van der Waals surface area contributed by atoms with Crippen LogP contribution < -0.4 is 69.5 Å². The molecule has 0 bridgehead atoms.